The maximum atomic E-state index is 5.66. The number of hydrogen-bond donors (Lipinski definition) is 1. The molecule has 0 saturated carbocycles. The molecule has 0 aliphatic carbocycles. The van der Waals surface area contributed by atoms with Crippen LogP contribution in [0, 0.1) is 0 Å². The molecule has 0 bridgehead atoms. The summed E-state index contributed by atoms with van der Waals surface area (Å²) in [5, 5.41) is 3.26. The molecule has 0 aliphatic rings. The number of ether oxygens (including phenoxy) is 2. The fraction of sp³-hybridized carbons (Fsp3) is 0.643. The Labute approximate surface area is 110 Å². The smallest absolute Gasteiger partial charge is 0.138 e. The standard InChI is InChI=1S/C14H24N2O2/c1-6-17-11(4)14(15-5)12-7-13(9-16-8-12)18-10(2)3/h7-11,14-15H,6H2,1-5H3. The van der Waals surface area contributed by atoms with E-state index in [0.29, 0.717) is 6.61 Å². The summed E-state index contributed by atoms with van der Waals surface area (Å²) >= 11 is 0. The first kappa shape index (κ1) is 14.9. The lowest BCUT2D eigenvalue weighted by atomic mass is 10.0. The predicted octanol–water partition coefficient (Wildman–Crippen LogP) is 2.55. The molecule has 0 fully saturated rings. The van der Waals surface area contributed by atoms with Gasteiger partial charge in [-0.2, -0.15) is 0 Å². The molecule has 1 rings (SSSR count). The molecule has 0 amide bonds. The second kappa shape index (κ2) is 7.34. The van der Waals surface area contributed by atoms with Gasteiger partial charge in [-0.05, 0) is 46.4 Å². The largest absolute Gasteiger partial charge is 0.489 e. The van der Waals surface area contributed by atoms with Gasteiger partial charge in [0.2, 0.25) is 0 Å². The van der Waals surface area contributed by atoms with Crippen molar-refractivity contribution in [3.8, 4) is 5.75 Å². The number of hydrogen-bond acceptors (Lipinski definition) is 4. The van der Waals surface area contributed by atoms with Gasteiger partial charge in [-0.15, -0.1) is 0 Å². The van der Waals surface area contributed by atoms with Crippen LogP contribution in [0.25, 0.3) is 0 Å². The zero-order chi connectivity index (χ0) is 13.5. The third-order valence-corrected chi connectivity index (χ3v) is 2.68. The van der Waals surface area contributed by atoms with Crippen molar-refractivity contribution >= 4 is 0 Å². The van der Waals surface area contributed by atoms with E-state index < -0.39 is 0 Å². The quantitative estimate of drug-likeness (QED) is 0.810. The van der Waals surface area contributed by atoms with Crippen LogP contribution in [0.1, 0.15) is 39.3 Å². The van der Waals surface area contributed by atoms with E-state index in [1.165, 1.54) is 0 Å². The average Bonchev–Trinajstić information content (AvgIpc) is 2.30. The van der Waals surface area contributed by atoms with E-state index in [-0.39, 0.29) is 18.2 Å². The Hall–Kier alpha value is -1.13. The first-order chi connectivity index (χ1) is 8.58. The summed E-state index contributed by atoms with van der Waals surface area (Å²) in [6, 6.07) is 2.14. The number of nitrogens with one attached hydrogen (secondary N) is 1. The molecule has 18 heavy (non-hydrogen) atoms. The Kier molecular flexibility index (Phi) is 6.09. The average molecular weight is 252 g/mol. The Morgan fingerprint density at radius 1 is 1.28 bits per heavy atom. The Morgan fingerprint density at radius 2 is 2.00 bits per heavy atom. The molecule has 1 N–H and O–H groups in total. The minimum absolute atomic E-state index is 0.0936. The molecule has 1 aromatic heterocycles. The zero-order valence-electron chi connectivity index (χ0n) is 11.9. The fourth-order valence-corrected chi connectivity index (χ4v) is 1.97. The summed E-state index contributed by atoms with van der Waals surface area (Å²) in [5.74, 6) is 0.798. The topological polar surface area (TPSA) is 43.4 Å². The van der Waals surface area contributed by atoms with E-state index in [1.807, 2.05) is 40.1 Å². The first-order valence-corrected chi connectivity index (χ1v) is 6.49. The normalized spacial score (nSPS) is 14.6. The maximum Gasteiger partial charge on any atom is 0.138 e. The number of aromatic nitrogens is 1. The van der Waals surface area contributed by atoms with Gasteiger partial charge in [0, 0.05) is 12.8 Å². The van der Waals surface area contributed by atoms with Crippen LogP contribution in [0.2, 0.25) is 0 Å². The fourth-order valence-electron chi connectivity index (χ4n) is 1.97. The van der Waals surface area contributed by atoms with Crippen LogP contribution in [-0.4, -0.2) is 30.8 Å². The summed E-state index contributed by atoms with van der Waals surface area (Å²) in [7, 11) is 1.93. The van der Waals surface area contributed by atoms with Crippen molar-refractivity contribution in [3.63, 3.8) is 0 Å². The summed E-state index contributed by atoms with van der Waals surface area (Å²) in [4.78, 5) is 4.23. The van der Waals surface area contributed by atoms with Crippen molar-refractivity contribution in [1.82, 2.24) is 10.3 Å². The van der Waals surface area contributed by atoms with Gasteiger partial charge in [0.15, 0.2) is 0 Å². The van der Waals surface area contributed by atoms with Gasteiger partial charge in [-0.3, -0.25) is 4.98 Å². The SMILES string of the molecule is CCOC(C)C(NC)c1cncc(OC(C)C)c1. The third-order valence-electron chi connectivity index (χ3n) is 2.68. The van der Waals surface area contributed by atoms with Crippen LogP contribution < -0.4 is 10.1 Å². The minimum Gasteiger partial charge on any atom is -0.489 e. The molecule has 4 nitrogen and oxygen atoms in total. The van der Waals surface area contributed by atoms with Gasteiger partial charge in [-0.1, -0.05) is 0 Å². The van der Waals surface area contributed by atoms with Gasteiger partial charge in [0.25, 0.3) is 0 Å². The predicted molar refractivity (Wildman–Crippen MR) is 72.9 cm³/mol. The number of likely N-dealkylation sites (N-methyl/N-ethyl adjacent to an activating group) is 1. The van der Waals surface area contributed by atoms with E-state index in [2.05, 4.69) is 17.2 Å². The van der Waals surface area contributed by atoms with Crippen LogP contribution in [-0.2, 0) is 4.74 Å². The van der Waals surface area contributed by atoms with E-state index in [4.69, 9.17) is 9.47 Å². The second-order valence-electron chi connectivity index (χ2n) is 4.55. The highest BCUT2D eigenvalue weighted by Crippen LogP contribution is 2.22. The maximum absolute atomic E-state index is 5.66. The van der Waals surface area contributed by atoms with Crippen LogP contribution in [0.3, 0.4) is 0 Å². The Bertz CT molecular complexity index is 355. The van der Waals surface area contributed by atoms with Crippen molar-refractivity contribution in [2.45, 2.75) is 45.9 Å². The molecule has 2 unspecified atom stereocenters. The van der Waals surface area contributed by atoms with Gasteiger partial charge < -0.3 is 14.8 Å². The van der Waals surface area contributed by atoms with Crippen molar-refractivity contribution in [3.05, 3.63) is 24.0 Å². The number of nitrogens with zero attached hydrogens (tertiary/aromatic N) is 1. The Balaban J connectivity index is 2.85. The van der Waals surface area contributed by atoms with Crippen LogP contribution >= 0.6 is 0 Å². The lowest BCUT2D eigenvalue weighted by molar-refractivity contribution is 0.0491. The number of rotatable bonds is 7. The molecule has 0 aliphatic heterocycles. The van der Waals surface area contributed by atoms with Gasteiger partial charge in [0.1, 0.15) is 5.75 Å². The molecule has 0 aromatic carbocycles. The van der Waals surface area contributed by atoms with E-state index in [0.717, 1.165) is 11.3 Å². The molecule has 0 radical (unpaired) electrons. The molecule has 4 heteroatoms. The van der Waals surface area contributed by atoms with Crippen LogP contribution in [0.15, 0.2) is 18.5 Å². The molecule has 1 heterocycles. The lowest BCUT2D eigenvalue weighted by Gasteiger charge is -2.24. The molecule has 0 saturated heterocycles. The molecular formula is C14H24N2O2. The third kappa shape index (κ3) is 4.27. The van der Waals surface area contributed by atoms with E-state index >= 15 is 0 Å². The summed E-state index contributed by atoms with van der Waals surface area (Å²) < 4.78 is 11.3. The molecule has 102 valence electrons. The molecule has 1 aromatic rings. The van der Waals surface area contributed by atoms with Crippen molar-refractivity contribution < 1.29 is 9.47 Å². The minimum atomic E-state index is 0.0936. The Morgan fingerprint density at radius 3 is 2.56 bits per heavy atom. The molecular weight excluding hydrogens is 228 g/mol. The monoisotopic (exact) mass is 252 g/mol. The highest BCUT2D eigenvalue weighted by atomic mass is 16.5. The van der Waals surface area contributed by atoms with Gasteiger partial charge in [-0.25, -0.2) is 0 Å². The second-order valence-corrected chi connectivity index (χ2v) is 4.55. The highest BCUT2D eigenvalue weighted by Gasteiger charge is 2.18. The van der Waals surface area contributed by atoms with Crippen LogP contribution in [0.5, 0.6) is 5.75 Å². The van der Waals surface area contributed by atoms with Gasteiger partial charge >= 0.3 is 0 Å². The van der Waals surface area contributed by atoms with Crippen molar-refractivity contribution in [2.75, 3.05) is 13.7 Å². The van der Waals surface area contributed by atoms with E-state index in [9.17, 15) is 0 Å². The molecule has 0 spiro atoms. The molecule has 2 atom stereocenters. The zero-order valence-corrected chi connectivity index (χ0v) is 11.9. The lowest BCUT2D eigenvalue weighted by Crippen LogP contribution is -2.29. The summed E-state index contributed by atoms with van der Waals surface area (Å²) in [6.07, 6.45) is 3.83. The number of pyridine rings is 1. The summed E-state index contributed by atoms with van der Waals surface area (Å²) in [6.45, 7) is 8.77. The first-order valence-electron chi connectivity index (χ1n) is 6.49. The highest BCUT2D eigenvalue weighted by molar-refractivity contribution is 5.26. The summed E-state index contributed by atoms with van der Waals surface area (Å²) in [5.41, 5.74) is 1.08. The van der Waals surface area contributed by atoms with Crippen molar-refractivity contribution in [1.29, 1.82) is 0 Å². The van der Waals surface area contributed by atoms with Crippen molar-refractivity contribution in [2.24, 2.45) is 0 Å². The van der Waals surface area contributed by atoms with Crippen LogP contribution in [0.4, 0.5) is 0 Å². The van der Waals surface area contributed by atoms with Gasteiger partial charge in [0.05, 0.1) is 24.4 Å². The van der Waals surface area contributed by atoms with E-state index in [1.54, 1.807) is 6.20 Å².